The molecule has 0 unspecified atom stereocenters. The Bertz CT molecular complexity index is 1390. The standard InChI is InChI=1S/C21H16ClN9S/c1-2-15-20-29-26-11-30(20)16-10-24-18(14-9-25-28-17(14)21-23-7-8-32-21)27-19(16)31(15)13-5-3-12(22)4-6-13/h3-11,15H,2H2,1H3,(H,25,28)/t15-/m0/s1. The van der Waals surface area contributed by atoms with Crippen molar-refractivity contribution in [2.75, 3.05) is 4.90 Å². The van der Waals surface area contributed by atoms with Gasteiger partial charge >= 0.3 is 0 Å². The average molecular weight is 462 g/mol. The number of fused-ring (bicyclic) bond motifs is 3. The highest BCUT2D eigenvalue weighted by atomic mass is 35.5. The van der Waals surface area contributed by atoms with Crippen LogP contribution in [0.5, 0.6) is 0 Å². The van der Waals surface area contributed by atoms with Gasteiger partial charge in [0.1, 0.15) is 22.7 Å². The largest absolute Gasteiger partial charge is 0.314 e. The Morgan fingerprint density at radius 2 is 2.03 bits per heavy atom. The summed E-state index contributed by atoms with van der Waals surface area (Å²) < 4.78 is 1.96. The summed E-state index contributed by atoms with van der Waals surface area (Å²) in [5.74, 6) is 2.17. The maximum Gasteiger partial charge on any atom is 0.165 e. The summed E-state index contributed by atoms with van der Waals surface area (Å²) in [6.07, 6.45) is 7.82. The zero-order valence-electron chi connectivity index (χ0n) is 16.8. The number of rotatable bonds is 4. The van der Waals surface area contributed by atoms with E-state index in [1.165, 1.54) is 11.3 Å². The van der Waals surface area contributed by atoms with Gasteiger partial charge in [0, 0.05) is 22.3 Å². The van der Waals surface area contributed by atoms with Crippen LogP contribution in [-0.2, 0) is 0 Å². The van der Waals surface area contributed by atoms with Crippen molar-refractivity contribution in [3.63, 3.8) is 0 Å². The molecule has 1 N–H and O–H groups in total. The fourth-order valence-corrected chi connectivity index (χ4v) is 4.77. The van der Waals surface area contributed by atoms with E-state index >= 15 is 0 Å². The monoisotopic (exact) mass is 461 g/mol. The summed E-state index contributed by atoms with van der Waals surface area (Å²) in [4.78, 5) is 16.2. The highest BCUT2D eigenvalue weighted by Gasteiger charge is 2.35. The summed E-state index contributed by atoms with van der Waals surface area (Å²) in [6, 6.07) is 7.68. The van der Waals surface area contributed by atoms with E-state index in [4.69, 9.17) is 16.6 Å². The van der Waals surface area contributed by atoms with Crippen molar-refractivity contribution in [3.8, 4) is 27.8 Å². The number of aromatic amines is 1. The summed E-state index contributed by atoms with van der Waals surface area (Å²) >= 11 is 7.69. The molecule has 0 saturated heterocycles. The number of nitrogens with zero attached hydrogens (tertiary/aromatic N) is 8. The van der Waals surface area contributed by atoms with Crippen LogP contribution in [0, 0.1) is 0 Å². The van der Waals surface area contributed by atoms with Crippen molar-refractivity contribution in [1.29, 1.82) is 0 Å². The van der Waals surface area contributed by atoms with Gasteiger partial charge in [-0.3, -0.25) is 9.67 Å². The molecule has 0 spiro atoms. The SMILES string of the molecule is CC[C@H]1c2nncn2-c2cnc(-c3cn[nH]c3-c3nccs3)nc2N1c1ccc(Cl)cc1. The minimum atomic E-state index is -0.0447. The fraction of sp³-hybridized carbons (Fsp3) is 0.143. The molecule has 0 bridgehead atoms. The number of anilines is 2. The molecule has 1 atom stereocenters. The topological polar surface area (TPSA) is 101 Å². The van der Waals surface area contributed by atoms with Gasteiger partial charge in [-0.05, 0) is 30.7 Å². The van der Waals surface area contributed by atoms with E-state index in [9.17, 15) is 0 Å². The highest BCUT2D eigenvalue weighted by Crippen LogP contribution is 2.43. The lowest BCUT2D eigenvalue weighted by Gasteiger charge is -2.36. The number of hydrogen-bond acceptors (Lipinski definition) is 8. The van der Waals surface area contributed by atoms with Crippen LogP contribution >= 0.6 is 22.9 Å². The molecule has 4 aromatic heterocycles. The van der Waals surface area contributed by atoms with Crippen LogP contribution < -0.4 is 4.90 Å². The van der Waals surface area contributed by atoms with Crippen LogP contribution in [0.2, 0.25) is 5.02 Å². The molecule has 1 aliphatic heterocycles. The third kappa shape index (κ3) is 2.91. The Balaban J connectivity index is 1.56. The van der Waals surface area contributed by atoms with Gasteiger partial charge in [0.05, 0.1) is 24.0 Å². The molecule has 5 aromatic rings. The molecule has 158 valence electrons. The first kappa shape index (κ1) is 19.1. The Morgan fingerprint density at radius 3 is 2.81 bits per heavy atom. The quantitative estimate of drug-likeness (QED) is 0.409. The predicted octanol–water partition coefficient (Wildman–Crippen LogP) is 4.83. The van der Waals surface area contributed by atoms with Crippen molar-refractivity contribution in [2.45, 2.75) is 19.4 Å². The second-order valence-corrected chi connectivity index (χ2v) is 8.56. The lowest BCUT2D eigenvalue weighted by Crippen LogP contribution is -2.32. The van der Waals surface area contributed by atoms with Crippen molar-refractivity contribution in [2.24, 2.45) is 0 Å². The Morgan fingerprint density at radius 1 is 1.16 bits per heavy atom. The van der Waals surface area contributed by atoms with Gasteiger partial charge in [0.25, 0.3) is 0 Å². The summed E-state index contributed by atoms with van der Waals surface area (Å²) in [7, 11) is 0. The van der Waals surface area contributed by atoms with Crippen LogP contribution in [0.25, 0.3) is 27.8 Å². The minimum absolute atomic E-state index is 0.0447. The first-order valence-corrected chi connectivity index (χ1v) is 11.3. The first-order valence-electron chi connectivity index (χ1n) is 10.0. The van der Waals surface area contributed by atoms with Crippen LogP contribution in [0.4, 0.5) is 11.5 Å². The Labute approximate surface area is 191 Å². The van der Waals surface area contributed by atoms with E-state index in [0.29, 0.717) is 10.8 Å². The third-order valence-corrected chi connectivity index (χ3v) is 6.48. The molecule has 0 fully saturated rings. The molecule has 32 heavy (non-hydrogen) atoms. The maximum absolute atomic E-state index is 6.16. The highest BCUT2D eigenvalue weighted by molar-refractivity contribution is 7.13. The molecule has 0 aliphatic carbocycles. The van der Waals surface area contributed by atoms with Crippen LogP contribution in [-0.4, -0.2) is 39.9 Å². The minimum Gasteiger partial charge on any atom is -0.314 e. The Hall–Kier alpha value is -3.63. The molecular formula is C21H16ClN9S. The molecule has 11 heteroatoms. The van der Waals surface area contributed by atoms with Gasteiger partial charge in [-0.1, -0.05) is 18.5 Å². The molecule has 6 rings (SSSR count). The van der Waals surface area contributed by atoms with E-state index < -0.39 is 0 Å². The molecule has 1 aliphatic rings. The van der Waals surface area contributed by atoms with Gasteiger partial charge < -0.3 is 4.90 Å². The van der Waals surface area contributed by atoms with Gasteiger partial charge in [0.15, 0.2) is 17.5 Å². The van der Waals surface area contributed by atoms with Crippen molar-refractivity contribution >= 4 is 34.4 Å². The molecule has 0 amide bonds. The molecular weight excluding hydrogens is 446 g/mol. The number of nitrogens with one attached hydrogen (secondary N) is 1. The van der Waals surface area contributed by atoms with Crippen LogP contribution in [0.1, 0.15) is 25.2 Å². The number of halogens is 1. The smallest absolute Gasteiger partial charge is 0.165 e. The second-order valence-electron chi connectivity index (χ2n) is 7.23. The van der Waals surface area contributed by atoms with Gasteiger partial charge in [-0.15, -0.1) is 21.5 Å². The molecule has 9 nitrogen and oxygen atoms in total. The van der Waals surface area contributed by atoms with Crippen molar-refractivity contribution < 1.29 is 0 Å². The maximum atomic E-state index is 6.16. The van der Waals surface area contributed by atoms with E-state index in [1.807, 2.05) is 34.2 Å². The summed E-state index contributed by atoms with van der Waals surface area (Å²) in [6.45, 7) is 2.12. The molecule has 0 saturated carbocycles. The normalized spacial score (nSPS) is 14.9. The molecule has 1 aromatic carbocycles. The number of aromatic nitrogens is 8. The van der Waals surface area contributed by atoms with E-state index in [0.717, 1.165) is 45.7 Å². The van der Waals surface area contributed by atoms with Gasteiger partial charge in [-0.25, -0.2) is 15.0 Å². The van der Waals surface area contributed by atoms with E-state index in [2.05, 4.69) is 42.2 Å². The summed E-state index contributed by atoms with van der Waals surface area (Å²) in [5.41, 5.74) is 3.37. The van der Waals surface area contributed by atoms with E-state index in [1.54, 1.807) is 24.9 Å². The lowest BCUT2D eigenvalue weighted by atomic mass is 10.1. The van der Waals surface area contributed by atoms with Gasteiger partial charge in [-0.2, -0.15) is 5.10 Å². The lowest BCUT2D eigenvalue weighted by molar-refractivity contribution is 0.590. The first-order chi connectivity index (χ1) is 15.7. The number of thiazole rings is 1. The number of hydrogen-bond donors (Lipinski definition) is 1. The summed E-state index contributed by atoms with van der Waals surface area (Å²) in [5, 5.41) is 19.2. The Kier molecular flexibility index (Phi) is 4.47. The fourth-order valence-electron chi connectivity index (χ4n) is 4.00. The predicted molar refractivity (Wildman–Crippen MR) is 122 cm³/mol. The average Bonchev–Trinajstić information content (AvgIpc) is 3.59. The van der Waals surface area contributed by atoms with Crippen molar-refractivity contribution in [1.82, 2.24) is 39.9 Å². The molecule has 5 heterocycles. The van der Waals surface area contributed by atoms with Crippen LogP contribution in [0.3, 0.4) is 0 Å². The van der Waals surface area contributed by atoms with Crippen LogP contribution in [0.15, 0.2) is 54.6 Å². The van der Waals surface area contributed by atoms with Crippen molar-refractivity contribution in [3.05, 3.63) is 65.4 Å². The zero-order valence-corrected chi connectivity index (χ0v) is 18.4. The molecule has 0 radical (unpaired) electrons. The zero-order chi connectivity index (χ0) is 21.7. The van der Waals surface area contributed by atoms with Gasteiger partial charge in [0.2, 0.25) is 0 Å². The number of benzene rings is 1. The third-order valence-electron chi connectivity index (χ3n) is 5.44. The second kappa shape index (κ2) is 7.50. The van der Waals surface area contributed by atoms with E-state index in [-0.39, 0.29) is 6.04 Å². The number of H-pyrrole nitrogens is 1.